The lowest BCUT2D eigenvalue weighted by molar-refractivity contribution is -0.0498. The number of carbonyl (C=O) groups is 1. The number of hydrogen-bond acceptors (Lipinski definition) is 5. The van der Waals surface area contributed by atoms with Crippen molar-refractivity contribution in [1.82, 2.24) is 0 Å². The first kappa shape index (κ1) is 12.0. The van der Waals surface area contributed by atoms with E-state index < -0.39 is 18.3 Å². The first-order chi connectivity index (χ1) is 7.47. The van der Waals surface area contributed by atoms with Crippen molar-refractivity contribution in [3.05, 3.63) is 17.7 Å². The van der Waals surface area contributed by atoms with Crippen molar-refractivity contribution in [3.63, 3.8) is 0 Å². The van der Waals surface area contributed by atoms with E-state index in [1.807, 2.05) is 0 Å². The van der Waals surface area contributed by atoms with Crippen LogP contribution in [-0.4, -0.2) is 19.7 Å². The van der Waals surface area contributed by atoms with Crippen molar-refractivity contribution in [2.45, 2.75) is 6.61 Å². The number of nitrogens with two attached hydrogens (primary N) is 2. The van der Waals surface area contributed by atoms with Gasteiger partial charge >= 0.3 is 12.6 Å². The topological polar surface area (TPSA) is 87.6 Å². The Morgan fingerprint density at radius 1 is 1.31 bits per heavy atom. The quantitative estimate of drug-likeness (QED) is 0.604. The van der Waals surface area contributed by atoms with Gasteiger partial charge in [-0.25, -0.2) is 4.79 Å². The van der Waals surface area contributed by atoms with Gasteiger partial charge in [-0.1, -0.05) is 0 Å². The maximum absolute atomic E-state index is 12.1. The van der Waals surface area contributed by atoms with Gasteiger partial charge in [0.1, 0.15) is 5.56 Å². The Morgan fingerprint density at radius 3 is 2.38 bits per heavy atom. The Morgan fingerprint density at radius 2 is 1.88 bits per heavy atom. The Kier molecular flexibility index (Phi) is 3.49. The molecule has 0 amide bonds. The summed E-state index contributed by atoms with van der Waals surface area (Å²) in [6.45, 7) is -3.10. The van der Waals surface area contributed by atoms with Crippen molar-refractivity contribution in [2.75, 3.05) is 18.6 Å². The molecule has 0 saturated carbocycles. The molecule has 1 rings (SSSR count). The van der Waals surface area contributed by atoms with Gasteiger partial charge in [0.2, 0.25) is 0 Å². The van der Waals surface area contributed by atoms with E-state index in [0.29, 0.717) is 0 Å². The minimum absolute atomic E-state index is 0.0447. The van der Waals surface area contributed by atoms with Crippen LogP contribution >= 0.6 is 0 Å². The molecule has 0 aliphatic rings. The fraction of sp³-hybridized carbons (Fsp3) is 0.222. The highest BCUT2D eigenvalue weighted by atomic mass is 19.3. The molecule has 7 heteroatoms. The van der Waals surface area contributed by atoms with E-state index in [4.69, 9.17) is 11.5 Å². The minimum atomic E-state index is -3.10. The molecular weight excluding hydrogens is 222 g/mol. The van der Waals surface area contributed by atoms with Crippen molar-refractivity contribution >= 4 is 17.3 Å². The van der Waals surface area contributed by atoms with Gasteiger partial charge in [0, 0.05) is 0 Å². The summed E-state index contributed by atoms with van der Waals surface area (Å²) in [4.78, 5) is 11.3. The van der Waals surface area contributed by atoms with E-state index in [-0.39, 0.29) is 16.9 Å². The Balaban J connectivity index is 3.31. The highest BCUT2D eigenvalue weighted by Crippen LogP contribution is 2.32. The molecule has 0 fully saturated rings. The summed E-state index contributed by atoms with van der Waals surface area (Å²) in [5, 5.41) is 0. The highest BCUT2D eigenvalue weighted by molar-refractivity contribution is 6.00. The molecule has 0 bridgehead atoms. The zero-order valence-corrected chi connectivity index (χ0v) is 8.37. The third kappa shape index (κ3) is 2.30. The van der Waals surface area contributed by atoms with Crippen LogP contribution in [0.15, 0.2) is 12.1 Å². The lowest BCUT2D eigenvalue weighted by Crippen LogP contribution is -2.13. The van der Waals surface area contributed by atoms with E-state index in [2.05, 4.69) is 9.47 Å². The molecule has 5 nitrogen and oxygen atoms in total. The van der Waals surface area contributed by atoms with Gasteiger partial charge in [0.25, 0.3) is 0 Å². The van der Waals surface area contributed by atoms with Crippen LogP contribution in [0.3, 0.4) is 0 Å². The average Bonchev–Trinajstić information content (AvgIpc) is 2.22. The normalized spacial score (nSPS) is 10.2. The third-order valence-electron chi connectivity index (χ3n) is 1.82. The SMILES string of the molecule is COC(=O)c1c(N)ccc(N)c1OC(F)F. The molecule has 1 aromatic rings. The van der Waals surface area contributed by atoms with Gasteiger partial charge in [-0.05, 0) is 12.1 Å². The molecular formula is C9H10F2N2O3. The van der Waals surface area contributed by atoms with Crippen LogP contribution in [0.1, 0.15) is 10.4 Å². The molecule has 0 radical (unpaired) electrons. The summed E-state index contributed by atoms with van der Waals surface area (Å²) < 4.78 is 32.8. The van der Waals surface area contributed by atoms with Gasteiger partial charge in [-0.15, -0.1) is 0 Å². The van der Waals surface area contributed by atoms with Gasteiger partial charge in [0.05, 0.1) is 18.5 Å². The summed E-state index contributed by atoms with van der Waals surface area (Å²) in [7, 11) is 1.09. The van der Waals surface area contributed by atoms with Crippen LogP contribution in [0.4, 0.5) is 20.2 Å². The monoisotopic (exact) mass is 232 g/mol. The zero-order valence-electron chi connectivity index (χ0n) is 8.37. The lowest BCUT2D eigenvalue weighted by atomic mass is 10.1. The first-order valence-electron chi connectivity index (χ1n) is 4.18. The number of rotatable bonds is 3. The van der Waals surface area contributed by atoms with E-state index in [0.717, 1.165) is 7.11 Å². The van der Waals surface area contributed by atoms with E-state index in [1.54, 1.807) is 0 Å². The van der Waals surface area contributed by atoms with Crippen molar-refractivity contribution in [1.29, 1.82) is 0 Å². The van der Waals surface area contributed by atoms with Gasteiger partial charge in [-0.2, -0.15) is 8.78 Å². The maximum atomic E-state index is 12.1. The lowest BCUT2D eigenvalue weighted by Gasteiger charge is -2.13. The Bertz CT molecular complexity index is 410. The van der Waals surface area contributed by atoms with E-state index in [1.165, 1.54) is 12.1 Å². The van der Waals surface area contributed by atoms with Crippen LogP contribution in [-0.2, 0) is 4.74 Å². The summed E-state index contributed by atoms with van der Waals surface area (Å²) in [6, 6.07) is 2.57. The third-order valence-corrected chi connectivity index (χ3v) is 1.82. The highest BCUT2D eigenvalue weighted by Gasteiger charge is 2.22. The summed E-state index contributed by atoms with van der Waals surface area (Å²) in [5.41, 5.74) is 10.4. The van der Waals surface area contributed by atoms with Crippen molar-refractivity contribution in [3.8, 4) is 5.75 Å². The number of benzene rings is 1. The second kappa shape index (κ2) is 4.65. The molecule has 0 saturated heterocycles. The van der Waals surface area contributed by atoms with E-state index in [9.17, 15) is 13.6 Å². The molecule has 0 atom stereocenters. The molecule has 4 N–H and O–H groups in total. The van der Waals surface area contributed by atoms with Gasteiger partial charge < -0.3 is 20.9 Å². The first-order valence-corrected chi connectivity index (χ1v) is 4.18. The number of esters is 1. The van der Waals surface area contributed by atoms with E-state index >= 15 is 0 Å². The molecule has 0 aliphatic carbocycles. The Hall–Kier alpha value is -2.05. The van der Waals surface area contributed by atoms with Crippen LogP contribution in [0, 0.1) is 0 Å². The largest absolute Gasteiger partial charge is 0.465 e. The summed E-state index contributed by atoms with van der Waals surface area (Å²) >= 11 is 0. The summed E-state index contributed by atoms with van der Waals surface area (Å²) in [5.74, 6) is -1.36. The number of nitrogen functional groups attached to an aromatic ring is 2. The fourth-order valence-electron chi connectivity index (χ4n) is 1.14. The number of methoxy groups -OCH3 is 1. The van der Waals surface area contributed by atoms with Gasteiger partial charge in [0.15, 0.2) is 5.75 Å². The van der Waals surface area contributed by atoms with Gasteiger partial charge in [-0.3, -0.25) is 0 Å². The van der Waals surface area contributed by atoms with Crippen molar-refractivity contribution < 1.29 is 23.0 Å². The Labute approximate surface area is 89.9 Å². The molecule has 0 unspecified atom stereocenters. The van der Waals surface area contributed by atoms with Crippen LogP contribution in [0.25, 0.3) is 0 Å². The standard InChI is InChI=1S/C9H10F2N2O3/c1-15-8(14)6-4(12)2-3-5(13)7(6)16-9(10)11/h2-3,9H,12-13H2,1H3. The van der Waals surface area contributed by atoms with Crippen LogP contribution in [0.5, 0.6) is 5.75 Å². The minimum Gasteiger partial charge on any atom is -0.465 e. The maximum Gasteiger partial charge on any atom is 0.387 e. The fourth-order valence-corrected chi connectivity index (χ4v) is 1.14. The second-order valence-electron chi connectivity index (χ2n) is 2.82. The number of carbonyl (C=O) groups excluding carboxylic acids is 1. The molecule has 1 aromatic carbocycles. The summed E-state index contributed by atoms with van der Waals surface area (Å²) in [6.07, 6.45) is 0. The molecule has 0 aliphatic heterocycles. The second-order valence-corrected chi connectivity index (χ2v) is 2.82. The zero-order chi connectivity index (χ0) is 12.3. The number of hydrogen-bond donors (Lipinski definition) is 2. The predicted octanol–water partition coefficient (Wildman–Crippen LogP) is 1.24. The van der Waals surface area contributed by atoms with Crippen LogP contribution < -0.4 is 16.2 Å². The number of anilines is 2. The van der Waals surface area contributed by atoms with Crippen LogP contribution in [0.2, 0.25) is 0 Å². The number of alkyl halides is 2. The number of halogens is 2. The molecule has 88 valence electrons. The van der Waals surface area contributed by atoms with Crippen molar-refractivity contribution in [2.24, 2.45) is 0 Å². The molecule has 0 spiro atoms. The molecule has 0 heterocycles. The smallest absolute Gasteiger partial charge is 0.387 e. The average molecular weight is 232 g/mol. The molecule has 16 heavy (non-hydrogen) atoms. The predicted molar refractivity (Wildman–Crippen MR) is 53.2 cm³/mol. The number of ether oxygens (including phenoxy) is 2. The molecule has 0 aromatic heterocycles.